The van der Waals surface area contributed by atoms with E-state index in [0.717, 1.165) is 22.3 Å². The lowest BCUT2D eigenvalue weighted by molar-refractivity contribution is -0.145. The predicted molar refractivity (Wildman–Crippen MR) is 161 cm³/mol. The van der Waals surface area contributed by atoms with Gasteiger partial charge < -0.3 is 30.5 Å². The molecule has 1 aliphatic heterocycles. The average molecular weight is 606 g/mol. The minimum atomic E-state index is -1.05. The van der Waals surface area contributed by atoms with E-state index in [-0.39, 0.29) is 24.4 Å². The maximum Gasteiger partial charge on any atom is 0.328 e. The van der Waals surface area contributed by atoms with Crippen LogP contribution < -0.4 is 21.3 Å². The lowest BCUT2D eigenvalue weighted by Gasteiger charge is -2.21. The van der Waals surface area contributed by atoms with E-state index in [9.17, 15) is 24.0 Å². The minimum absolute atomic E-state index is 0.0165. The molecule has 2 fully saturated rings. The molecule has 12 nitrogen and oxygen atoms in total. The van der Waals surface area contributed by atoms with Crippen LogP contribution in [0, 0.1) is 18.8 Å². The molecule has 4 amide bonds. The van der Waals surface area contributed by atoms with Gasteiger partial charge in [-0.3, -0.25) is 19.2 Å². The fourth-order valence-corrected chi connectivity index (χ4v) is 4.82. The summed E-state index contributed by atoms with van der Waals surface area (Å²) in [7, 11) is 1.19. The van der Waals surface area contributed by atoms with E-state index in [1.165, 1.54) is 26.0 Å². The Bertz CT molecular complexity index is 1490. The zero-order valence-corrected chi connectivity index (χ0v) is 25.2. The van der Waals surface area contributed by atoms with Crippen LogP contribution in [0.25, 0.3) is 10.8 Å². The second-order valence-electron chi connectivity index (χ2n) is 11.2. The Hall–Kier alpha value is -4.74. The lowest BCUT2D eigenvalue weighted by atomic mass is 9.98. The normalized spacial score (nSPS) is 17.0. The van der Waals surface area contributed by atoms with Crippen LogP contribution in [0.1, 0.15) is 54.4 Å². The molecule has 5 rings (SSSR count). The molecule has 4 N–H and O–H groups in total. The van der Waals surface area contributed by atoms with Gasteiger partial charge in [0.2, 0.25) is 17.7 Å². The Morgan fingerprint density at radius 2 is 1.77 bits per heavy atom. The SMILES string of the molecule is CC1CC1.COC(=O)C(CC1CCNC1=O)NC(=O)CNC(=O)C(Cc1cccc2ccccc12)NC(=O)c1cc(C)on1. The van der Waals surface area contributed by atoms with Gasteiger partial charge in [-0.15, -0.1) is 0 Å². The third-order valence-electron chi connectivity index (χ3n) is 7.58. The Kier molecular flexibility index (Phi) is 11.1. The van der Waals surface area contributed by atoms with Gasteiger partial charge in [-0.2, -0.15) is 0 Å². The highest BCUT2D eigenvalue weighted by atomic mass is 16.5. The first-order valence-corrected chi connectivity index (χ1v) is 14.8. The van der Waals surface area contributed by atoms with Crippen molar-refractivity contribution in [2.24, 2.45) is 11.8 Å². The number of amides is 4. The van der Waals surface area contributed by atoms with E-state index in [1.54, 1.807) is 6.92 Å². The van der Waals surface area contributed by atoms with E-state index >= 15 is 0 Å². The number of aryl methyl sites for hydroxylation is 1. The summed E-state index contributed by atoms with van der Waals surface area (Å²) in [5, 5.41) is 16.0. The van der Waals surface area contributed by atoms with Gasteiger partial charge in [-0.1, -0.05) is 67.4 Å². The molecule has 1 aliphatic carbocycles. The Morgan fingerprint density at radius 3 is 2.41 bits per heavy atom. The van der Waals surface area contributed by atoms with E-state index < -0.39 is 48.2 Å². The Morgan fingerprint density at radius 1 is 1.05 bits per heavy atom. The van der Waals surface area contributed by atoms with E-state index in [1.807, 2.05) is 42.5 Å². The minimum Gasteiger partial charge on any atom is -0.467 e. The Balaban J connectivity index is 0.00000102. The molecule has 3 aromatic rings. The molecule has 0 bridgehead atoms. The summed E-state index contributed by atoms with van der Waals surface area (Å²) in [5.41, 5.74) is 0.836. The van der Waals surface area contributed by atoms with Gasteiger partial charge in [0.1, 0.15) is 17.8 Å². The van der Waals surface area contributed by atoms with Crippen molar-refractivity contribution >= 4 is 40.4 Å². The molecule has 1 aromatic heterocycles. The number of fused-ring (bicyclic) bond motifs is 1. The van der Waals surface area contributed by atoms with Crippen LogP contribution in [0.4, 0.5) is 0 Å². The number of benzene rings is 2. The molecule has 1 saturated carbocycles. The molecule has 0 radical (unpaired) electrons. The van der Waals surface area contributed by atoms with Crippen LogP contribution in [0.3, 0.4) is 0 Å². The van der Waals surface area contributed by atoms with Crippen molar-refractivity contribution in [3.8, 4) is 0 Å². The first kappa shape index (κ1) is 32.2. The molecule has 3 unspecified atom stereocenters. The predicted octanol–water partition coefficient (Wildman–Crippen LogP) is 2.19. The number of aromatic nitrogens is 1. The van der Waals surface area contributed by atoms with Gasteiger partial charge in [0, 0.05) is 24.9 Å². The van der Waals surface area contributed by atoms with Crippen LogP contribution in [-0.4, -0.2) is 67.0 Å². The largest absolute Gasteiger partial charge is 0.467 e. The van der Waals surface area contributed by atoms with Gasteiger partial charge >= 0.3 is 5.97 Å². The van der Waals surface area contributed by atoms with Crippen molar-refractivity contribution in [2.45, 2.75) is 58.0 Å². The summed E-state index contributed by atoms with van der Waals surface area (Å²) in [5.74, 6) is -1.66. The number of carbonyl (C=O) groups excluding carboxylic acids is 5. The summed E-state index contributed by atoms with van der Waals surface area (Å²) < 4.78 is 9.75. The average Bonchev–Trinajstić information content (AvgIpc) is 3.50. The summed E-state index contributed by atoms with van der Waals surface area (Å²) >= 11 is 0. The number of ether oxygens (including phenoxy) is 1. The van der Waals surface area contributed by atoms with Crippen molar-refractivity contribution < 1.29 is 33.2 Å². The van der Waals surface area contributed by atoms with E-state index in [4.69, 9.17) is 9.26 Å². The monoisotopic (exact) mass is 605 g/mol. The second-order valence-corrected chi connectivity index (χ2v) is 11.2. The van der Waals surface area contributed by atoms with Gasteiger partial charge in [0.15, 0.2) is 5.69 Å². The van der Waals surface area contributed by atoms with Crippen LogP contribution >= 0.6 is 0 Å². The fourth-order valence-electron chi connectivity index (χ4n) is 4.82. The van der Waals surface area contributed by atoms with Crippen molar-refractivity contribution in [3.63, 3.8) is 0 Å². The molecule has 234 valence electrons. The number of esters is 1. The quantitative estimate of drug-likeness (QED) is 0.241. The molecule has 2 aromatic carbocycles. The van der Waals surface area contributed by atoms with Crippen LogP contribution in [0.15, 0.2) is 53.1 Å². The molecular weight excluding hydrogens is 566 g/mol. The fraction of sp³-hybridized carbons (Fsp3) is 0.438. The summed E-state index contributed by atoms with van der Waals surface area (Å²) in [6.07, 6.45) is 3.73. The maximum absolute atomic E-state index is 13.3. The van der Waals surface area contributed by atoms with Crippen molar-refractivity contribution in [1.29, 1.82) is 0 Å². The highest BCUT2D eigenvalue weighted by Gasteiger charge is 2.32. The molecule has 44 heavy (non-hydrogen) atoms. The number of hydrogen-bond donors (Lipinski definition) is 4. The summed E-state index contributed by atoms with van der Waals surface area (Å²) in [6.45, 7) is 3.96. The molecule has 2 heterocycles. The second kappa shape index (κ2) is 15.1. The first-order chi connectivity index (χ1) is 21.1. The van der Waals surface area contributed by atoms with Crippen LogP contribution in [0.2, 0.25) is 0 Å². The number of methoxy groups -OCH3 is 1. The molecule has 3 atom stereocenters. The summed E-state index contributed by atoms with van der Waals surface area (Å²) in [6, 6.07) is 12.7. The smallest absolute Gasteiger partial charge is 0.328 e. The van der Waals surface area contributed by atoms with Crippen molar-refractivity contribution in [3.05, 3.63) is 65.5 Å². The number of carbonyl (C=O) groups is 5. The number of hydrogen-bond acceptors (Lipinski definition) is 8. The molecule has 12 heteroatoms. The molecular formula is C32H39N5O7. The van der Waals surface area contributed by atoms with Gasteiger partial charge in [0.05, 0.1) is 13.7 Å². The van der Waals surface area contributed by atoms with Gasteiger partial charge in [0.25, 0.3) is 5.91 Å². The van der Waals surface area contributed by atoms with Crippen molar-refractivity contribution in [2.75, 3.05) is 20.2 Å². The van der Waals surface area contributed by atoms with Crippen LogP contribution in [-0.2, 0) is 30.3 Å². The molecule has 1 saturated heterocycles. The van der Waals surface area contributed by atoms with Crippen LogP contribution in [0.5, 0.6) is 0 Å². The highest BCUT2D eigenvalue weighted by Crippen LogP contribution is 2.26. The third kappa shape index (κ3) is 9.13. The number of rotatable bonds is 11. The number of nitrogens with zero attached hydrogens (tertiary/aromatic N) is 1. The van der Waals surface area contributed by atoms with E-state index in [0.29, 0.717) is 18.7 Å². The Labute approximate surface area is 255 Å². The highest BCUT2D eigenvalue weighted by molar-refractivity contribution is 5.97. The summed E-state index contributed by atoms with van der Waals surface area (Å²) in [4.78, 5) is 63.0. The topological polar surface area (TPSA) is 169 Å². The van der Waals surface area contributed by atoms with Gasteiger partial charge in [-0.05, 0) is 42.0 Å². The maximum atomic E-state index is 13.3. The number of nitrogens with one attached hydrogen (secondary N) is 4. The van der Waals surface area contributed by atoms with E-state index in [2.05, 4.69) is 33.3 Å². The molecule has 0 spiro atoms. The van der Waals surface area contributed by atoms with Gasteiger partial charge in [-0.25, -0.2) is 4.79 Å². The lowest BCUT2D eigenvalue weighted by Crippen LogP contribution is -2.52. The zero-order chi connectivity index (χ0) is 31.6. The van der Waals surface area contributed by atoms with Crippen molar-refractivity contribution in [1.82, 2.24) is 26.4 Å². The standard InChI is InChI=1S/C28H31N5O7.C4H8/c1-16-12-22(33-40-16)27(37)32-21(13-18-8-5-7-17-6-3-4-9-20(17)18)26(36)30-15-24(34)31-23(28(38)39-2)14-19-10-11-29-25(19)35;1-4-2-3-4/h3-9,12,19,21,23H,10-11,13-15H2,1-2H3,(H,29,35)(H,30,36)(H,31,34)(H,32,37);4H,2-3H2,1H3. The third-order valence-corrected chi connectivity index (χ3v) is 7.58. The zero-order valence-electron chi connectivity index (χ0n) is 25.2. The molecule has 2 aliphatic rings. The first-order valence-electron chi connectivity index (χ1n) is 14.8.